The number of hydrogen-bond donors (Lipinski definition) is 1. The first-order valence-electron chi connectivity index (χ1n) is 8.74. The van der Waals surface area contributed by atoms with Crippen LogP contribution in [0, 0.1) is 28.6 Å². The van der Waals surface area contributed by atoms with Gasteiger partial charge in [-0.1, -0.05) is 39.0 Å². The van der Waals surface area contributed by atoms with Gasteiger partial charge in [0.1, 0.15) is 5.78 Å². The van der Waals surface area contributed by atoms with E-state index in [1.165, 1.54) is 0 Å². The number of carbonyl (C=O) groups excluding carboxylic acids is 1. The Balaban J connectivity index is 2.04. The minimum absolute atomic E-state index is 0.00441. The van der Waals surface area contributed by atoms with Gasteiger partial charge in [0, 0.05) is 17.8 Å². The number of Topliss-reactive ketones (excluding diaryl/α,β-unsaturated/α-hetero) is 1. The summed E-state index contributed by atoms with van der Waals surface area (Å²) in [6, 6.07) is 0. The van der Waals surface area contributed by atoms with Gasteiger partial charge in [0.2, 0.25) is 0 Å². The molecule has 1 N–H and O–H groups in total. The van der Waals surface area contributed by atoms with Crippen LogP contribution < -0.4 is 0 Å². The predicted octanol–water partition coefficient (Wildman–Crippen LogP) is 4.29. The highest BCUT2D eigenvalue weighted by molar-refractivity contribution is 5.85. The molecule has 0 heterocycles. The molecule has 2 nitrogen and oxygen atoms in total. The van der Waals surface area contributed by atoms with E-state index in [9.17, 15) is 9.90 Å². The van der Waals surface area contributed by atoms with Gasteiger partial charge in [-0.05, 0) is 49.4 Å². The Kier molecular flexibility index (Phi) is 3.49. The minimum atomic E-state index is -0.710. The maximum absolute atomic E-state index is 12.4. The van der Waals surface area contributed by atoms with Crippen molar-refractivity contribution in [2.75, 3.05) is 0 Å². The molecule has 0 aromatic heterocycles. The van der Waals surface area contributed by atoms with E-state index in [0.29, 0.717) is 18.1 Å². The lowest BCUT2D eigenvalue weighted by molar-refractivity contribution is -0.196. The van der Waals surface area contributed by atoms with Gasteiger partial charge in [0.15, 0.2) is 0 Å². The molecule has 3 rings (SSSR count). The Morgan fingerprint density at radius 1 is 1.14 bits per heavy atom. The Bertz CT molecular complexity index is 532. The second kappa shape index (κ2) is 4.80. The summed E-state index contributed by atoms with van der Waals surface area (Å²) in [5.74, 6) is 1.04. The van der Waals surface area contributed by atoms with Crippen molar-refractivity contribution in [1.29, 1.82) is 0 Å². The normalized spacial score (nSPS) is 47.5. The molecule has 0 radical (unpaired) electrons. The maximum atomic E-state index is 12.4. The van der Waals surface area contributed by atoms with Crippen LogP contribution in [0.25, 0.3) is 0 Å². The second-order valence-corrected chi connectivity index (χ2v) is 8.70. The first-order chi connectivity index (χ1) is 10.2. The van der Waals surface area contributed by atoms with E-state index in [4.69, 9.17) is 0 Å². The Labute approximate surface area is 134 Å². The molecular weight excluding hydrogens is 272 g/mol. The van der Waals surface area contributed by atoms with Crippen LogP contribution in [-0.2, 0) is 4.79 Å². The standard InChI is InChI=1S/C20H30O2/c1-6-14-13(2)7-8-16-19(5)11-10-17(21)18(3,4)15(19)9-12-20(14,16)22/h6,14-16,22H,1-2,7-12H2,3-5H3/t14-,15+,16-,19+,20-/m1/s1. The molecule has 122 valence electrons. The van der Waals surface area contributed by atoms with Crippen LogP contribution in [0.5, 0.6) is 0 Å². The van der Waals surface area contributed by atoms with Crippen LogP contribution in [0.15, 0.2) is 24.8 Å². The van der Waals surface area contributed by atoms with Crippen molar-refractivity contribution in [2.24, 2.45) is 28.6 Å². The smallest absolute Gasteiger partial charge is 0.138 e. The first kappa shape index (κ1) is 16.0. The number of ketones is 1. The zero-order chi connectivity index (χ0) is 16.3. The molecule has 2 heteroatoms. The number of fused-ring (bicyclic) bond motifs is 3. The highest BCUT2D eigenvalue weighted by Gasteiger charge is 2.63. The fourth-order valence-electron chi connectivity index (χ4n) is 6.29. The van der Waals surface area contributed by atoms with Crippen molar-refractivity contribution >= 4 is 5.78 Å². The average molecular weight is 302 g/mol. The molecule has 3 aliphatic carbocycles. The monoisotopic (exact) mass is 302 g/mol. The van der Waals surface area contributed by atoms with Crippen molar-refractivity contribution in [3.05, 3.63) is 24.8 Å². The van der Waals surface area contributed by atoms with Crippen LogP contribution in [-0.4, -0.2) is 16.5 Å². The lowest BCUT2D eigenvalue weighted by Crippen LogP contribution is -2.63. The van der Waals surface area contributed by atoms with Crippen molar-refractivity contribution in [2.45, 2.75) is 64.9 Å². The lowest BCUT2D eigenvalue weighted by atomic mass is 9.42. The minimum Gasteiger partial charge on any atom is -0.389 e. The molecule has 0 amide bonds. The van der Waals surface area contributed by atoms with Gasteiger partial charge in [0.05, 0.1) is 5.60 Å². The Morgan fingerprint density at radius 3 is 2.45 bits per heavy atom. The van der Waals surface area contributed by atoms with Gasteiger partial charge in [0.25, 0.3) is 0 Å². The number of hydrogen-bond acceptors (Lipinski definition) is 2. The Hall–Kier alpha value is -0.890. The average Bonchev–Trinajstić information content (AvgIpc) is 2.43. The van der Waals surface area contributed by atoms with Crippen LogP contribution in [0.3, 0.4) is 0 Å². The van der Waals surface area contributed by atoms with E-state index in [1.54, 1.807) is 0 Å². The predicted molar refractivity (Wildman–Crippen MR) is 89.4 cm³/mol. The molecule has 5 atom stereocenters. The fourth-order valence-corrected chi connectivity index (χ4v) is 6.29. The van der Waals surface area contributed by atoms with E-state index < -0.39 is 5.60 Å². The van der Waals surface area contributed by atoms with Gasteiger partial charge in [-0.15, -0.1) is 6.58 Å². The zero-order valence-electron chi connectivity index (χ0n) is 14.3. The summed E-state index contributed by atoms with van der Waals surface area (Å²) in [6.07, 6.45) is 7.15. The molecular formula is C20H30O2. The van der Waals surface area contributed by atoms with E-state index in [1.807, 2.05) is 6.08 Å². The van der Waals surface area contributed by atoms with Crippen LogP contribution in [0.1, 0.15) is 59.3 Å². The molecule has 3 aliphatic rings. The van der Waals surface area contributed by atoms with E-state index in [-0.39, 0.29) is 22.7 Å². The van der Waals surface area contributed by atoms with Gasteiger partial charge >= 0.3 is 0 Å². The Morgan fingerprint density at radius 2 is 1.82 bits per heavy atom. The molecule has 0 aromatic carbocycles. The van der Waals surface area contributed by atoms with E-state index in [0.717, 1.165) is 37.7 Å². The summed E-state index contributed by atoms with van der Waals surface area (Å²) in [6.45, 7) is 14.7. The molecule has 0 unspecified atom stereocenters. The van der Waals surface area contributed by atoms with Crippen LogP contribution in [0.2, 0.25) is 0 Å². The largest absolute Gasteiger partial charge is 0.389 e. The molecule has 22 heavy (non-hydrogen) atoms. The second-order valence-electron chi connectivity index (χ2n) is 8.70. The SMILES string of the molecule is C=C[C@@H]1C(=C)CC[C@@H]2[C@@]3(C)CCC(=O)C(C)(C)[C@@H]3CC[C@@]12O. The zero-order valence-corrected chi connectivity index (χ0v) is 14.3. The van der Waals surface area contributed by atoms with Crippen LogP contribution >= 0.6 is 0 Å². The van der Waals surface area contributed by atoms with Gasteiger partial charge in [-0.2, -0.15) is 0 Å². The third kappa shape index (κ3) is 1.86. The fraction of sp³-hybridized carbons (Fsp3) is 0.750. The van der Waals surface area contributed by atoms with E-state index >= 15 is 0 Å². The topological polar surface area (TPSA) is 37.3 Å². The number of carbonyl (C=O) groups is 1. The van der Waals surface area contributed by atoms with Crippen molar-refractivity contribution in [3.63, 3.8) is 0 Å². The van der Waals surface area contributed by atoms with Crippen molar-refractivity contribution < 1.29 is 9.90 Å². The van der Waals surface area contributed by atoms with Crippen molar-refractivity contribution in [1.82, 2.24) is 0 Å². The lowest BCUT2D eigenvalue weighted by Gasteiger charge is -2.64. The summed E-state index contributed by atoms with van der Waals surface area (Å²) in [4.78, 5) is 12.4. The van der Waals surface area contributed by atoms with Crippen LogP contribution in [0.4, 0.5) is 0 Å². The molecule has 0 aromatic rings. The molecule has 0 spiro atoms. The van der Waals surface area contributed by atoms with Gasteiger partial charge in [-0.3, -0.25) is 4.79 Å². The molecule has 0 saturated heterocycles. The summed E-state index contributed by atoms with van der Waals surface area (Å²) >= 11 is 0. The molecule has 0 aliphatic heterocycles. The number of rotatable bonds is 1. The van der Waals surface area contributed by atoms with E-state index in [2.05, 4.69) is 33.9 Å². The van der Waals surface area contributed by atoms with Gasteiger partial charge in [-0.25, -0.2) is 0 Å². The van der Waals surface area contributed by atoms with Crippen molar-refractivity contribution in [3.8, 4) is 0 Å². The summed E-state index contributed by atoms with van der Waals surface area (Å²) < 4.78 is 0. The summed E-state index contributed by atoms with van der Waals surface area (Å²) in [5.41, 5.74) is 0.208. The first-order valence-corrected chi connectivity index (χ1v) is 8.74. The molecule has 0 bridgehead atoms. The van der Waals surface area contributed by atoms with Gasteiger partial charge < -0.3 is 5.11 Å². The maximum Gasteiger partial charge on any atom is 0.138 e. The third-order valence-corrected chi connectivity index (χ3v) is 7.48. The molecule has 3 fully saturated rings. The highest BCUT2D eigenvalue weighted by atomic mass is 16.3. The highest BCUT2D eigenvalue weighted by Crippen LogP contribution is 2.65. The summed E-state index contributed by atoms with van der Waals surface area (Å²) in [5, 5.41) is 11.5. The quantitative estimate of drug-likeness (QED) is 0.734. The third-order valence-electron chi connectivity index (χ3n) is 7.48. The summed E-state index contributed by atoms with van der Waals surface area (Å²) in [7, 11) is 0. The molecule has 3 saturated carbocycles. The number of aliphatic hydroxyl groups is 1.